The van der Waals surface area contributed by atoms with Gasteiger partial charge in [-0.1, -0.05) is 17.4 Å². The second-order valence-electron chi connectivity index (χ2n) is 3.01. The van der Waals surface area contributed by atoms with Crippen molar-refractivity contribution in [3.05, 3.63) is 28.5 Å². The third-order valence-electron chi connectivity index (χ3n) is 1.76. The van der Waals surface area contributed by atoms with Crippen molar-refractivity contribution in [3.63, 3.8) is 0 Å². The molecule has 0 atom stereocenters. The summed E-state index contributed by atoms with van der Waals surface area (Å²) in [4.78, 5) is 0. The van der Waals surface area contributed by atoms with Crippen molar-refractivity contribution >= 4 is 18.4 Å². The van der Waals surface area contributed by atoms with Gasteiger partial charge < -0.3 is 9.77 Å². The fraction of sp³-hybridized carbons (Fsp3) is 0.333. The molecule has 0 fully saturated rings. The molecule has 0 bridgehead atoms. The number of nitrogens with zero attached hydrogens (tertiary/aromatic N) is 2. The van der Waals surface area contributed by atoms with E-state index in [9.17, 15) is 0 Å². The molecule has 1 heterocycles. The minimum atomic E-state index is 0.319. The van der Waals surface area contributed by atoms with Crippen LogP contribution in [-0.2, 0) is 0 Å². The summed E-state index contributed by atoms with van der Waals surface area (Å²) < 4.78 is 2.64. The van der Waals surface area contributed by atoms with E-state index in [-0.39, 0.29) is 0 Å². The monoisotopic (exact) mass is 196 g/mol. The van der Waals surface area contributed by atoms with E-state index >= 15 is 0 Å². The van der Waals surface area contributed by atoms with Gasteiger partial charge in [0, 0.05) is 17.8 Å². The topological polar surface area (TPSA) is 37.5 Å². The maximum atomic E-state index is 8.39. The van der Waals surface area contributed by atoms with Crippen LogP contribution >= 0.6 is 12.2 Å². The number of rotatable bonds is 2. The summed E-state index contributed by atoms with van der Waals surface area (Å²) in [5, 5.41) is 11.3. The summed E-state index contributed by atoms with van der Waals surface area (Å²) in [5.41, 5.74) is 0.758. The predicted octanol–water partition coefficient (Wildman–Crippen LogP) is 2.61. The highest BCUT2D eigenvalue weighted by Crippen LogP contribution is 2.08. The normalized spacial score (nSPS) is 11.3. The molecule has 0 amide bonds. The molecule has 4 heteroatoms. The first kappa shape index (κ1) is 9.92. The number of oxime groups is 1. The molecule has 1 rings (SSSR count). The summed E-state index contributed by atoms with van der Waals surface area (Å²) in [6, 6.07) is 4.02. The molecule has 1 aromatic heterocycles. The number of hydrogen-bond donors (Lipinski definition) is 1. The highest BCUT2D eigenvalue weighted by Gasteiger charge is 1.99. The zero-order chi connectivity index (χ0) is 9.84. The molecule has 1 aromatic rings. The number of hydrogen-bond acceptors (Lipinski definition) is 3. The van der Waals surface area contributed by atoms with Crippen molar-refractivity contribution < 1.29 is 5.21 Å². The number of aromatic nitrogens is 1. The maximum absolute atomic E-state index is 8.39. The highest BCUT2D eigenvalue weighted by atomic mass is 32.1. The van der Waals surface area contributed by atoms with E-state index in [2.05, 4.69) is 19.0 Å². The molecule has 0 aliphatic rings. The maximum Gasteiger partial charge on any atom is 0.115 e. The Balaban J connectivity index is 3.27. The van der Waals surface area contributed by atoms with Crippen LogP contribution in [-0.4, -0.2) is 16.0 Å². The van der Waals surface area contributed by atoms with E-state index in [1.807, 2.05) is 22.9 Å². The average Bonchev–Trinajstić information content (AvgIpc) is 2.08. The van der Waals surface area contributed by atoms with Gasteiger partial charge in [-0.25, -0.2) is 0 Å². The minimum Gasteiger partial charge on any atom is -0.411 e. The van der Waals surface area contributed by atoms with Gasteiger partial charge in [0.05, 0.1) is 6.21 Å². The van der Waals surface area contributed by atoms with Gasteiger partial charge in [0.25, 0.3) is 0 Å². The lowest BCUT2D eigenvalue weighted by Crippen LogP contribution is -2.04. The number of pyridine rings is 1. The van der Waals surface area contributed by atoms with Gasteiger partial charge >= 0.3 is 0 Å². The standard InChI is InChI=1S/C9H12N2OS/c1-7(2)11-5-3-4-8(6-10-12)9(11)13/h3-7,12H,1-2H3/b10-6+. The summed E-state index contributed by atoms with van der Waals surface area (Å²) in [6.07, 6.45) is 3.27. The first-order valence-electron chi connectivity index (χ1n) is 4.05. The molecular formula is C9H12N2OS. The Morgan fingerprint density at radius 2 is 2.31 bits per heavy atom. The molecule has 1 N–H and O–H groups in total. The highest BCUT2D eigenvalue weighted by molar-refractivity contribution is 7.71. The Hall–Kier alpha value is -1.16. The van der Waals surface area contributed by atoms with Crippen molar-refractivity contribution in [2.75, 3.05) is 0 Å². The molecule has 0 unspecified atom stereocenters. The molecule has 0 saturated heterocycles. The van der Waals surface area contributed by atoms with Gasteiger partial charge in [-0.2, -0.15) is 0 Å². The predicted molar refractivity (Wildman–Crippen MR) is 55.0 cm³/mol. The van der Waals surface area contributed by atoms with E-state index in [4.69, 9.17) is 17.4 Å². The Labute approximate surface area is 82.3 Å². The average molecular weight is 196 g/mol. The van der Waals surface area contributed by atoms with E-state index in [1.165, 1.54) is 6.21 Å². The van der Waals surface area contributed by atoms with E-state index in [0.717, 1.165) is 5.56 Å². The van der Waals surface area contributed by atoms with Crippen LogP contribution in [0.25, 0.3) is 0 Å². The van der Waals surface area contributed by atoms with Crippen molar-refractivity contribution in [1.29, 1.82) is 0 Å². The largest absolute Gasteiger partial charge is 0.411 e. The molecule has 0 spiro atoms. The Morgan fingerprint density at radius 3 is 2.85 bits per heavy atom. The molecule has 0 aliphatic carbocycles. The van der Waals surface area contributed by atoms with E-state index in [1.54, 1.807) is 0 Å². The van der Waals surface area contributed by atoms with Crippen LogP contribution in [0, 0.1) is 4.64 Å². The van der Waals surface area contributed by atoms with Gasteiger partial charge in [0.1, 0.15) is 4.64 Å². The smallest absolute Gasteiger partial charge is 0.115 e. The van der Waals surface area contributed by atoms with Crippen LogP contribution in [0.4, 0.5) is 0 Å². The molecule has 13 heavy (non-hydrogen) atoms. The molecule has 0 radical (unpaired) electrons. The molecule has 70 valence electrons. The summed E-state index contributed by atoms with van der Waals surface area (Å²) in [7, 11) is 0. The zero-order valence-electron chi connectivity index (χ0n) is 7.64. The van der Waals surface area contributed by atoms with Crippen LogP contribution in [0.15, 0.2) is 23.5 Å². The minimum absolute atomic E-state index is 0.319. The molecule has 0 saturated carbocycles. The first-order chi connectivity index (χ1) is 6.16. The molecular weight excluding hydrogens is 184 g/mol. The Bertz CT molecular complexity index is 368. The molecule has 0 aliphatic heterocycles. The van der Waals surface area contributed by atoms with Crippen molar-refractivity contribution in [2.45, 2.75) is 19.9 Å². The van der Waals surface area contributed by atoms with Gasteiger partial charge in [0.15, 0.2) is 0 Å². The second-order valence-corrected chi connectivity index (χ2v) is 3.40. The lowest BCUT2D eigenvalue weighted by Gasteiger charge is -2.11. The Morgan fingerprint density at radius 1 is 1.62 bits per heavy atom. The van der Waals surface area contributed by atoms with Crippen LogP contribution in [0.1, 0.15) is 25.5 Å². The van der Waals surface area contributed by atoms with Crippen molar-refractivity contribution in [3.8, 4) is 0 Å². The van der Waals surface area contributed by atoms with Crippen LogP contribution in [0.5, 0.6) is 0 Å². The fourth-order valence-electron chi connectivity index (χ4n) is 1.09. The van der Waals surface area contributed by atoms with Gasteiger partial charge in [-0.15, -0.1) is 0 Å². The second kappa shape index (κ2) is 4.18. The summed E-state index contributed by atoms with van der Waals surface area (Å²) in [6.45, 7) is 4.10. The zero-order valence-corrected chi connectivity index (χ0v) is 8.45. The van der Waals surface area contributed by atoms with Crippen LogP contribution in [0.2, 0.25) is 0 Å². The van der Waals surface area contributed by atoms with Gasteiger partial charge in [-0.05, 0) is 26.0 Å². The SMILES string of the molecule is CC(C)n1cccc(/C=N/O)c1=S. The Kier molecular flexibility index (Phi) is 3.19. The third-order valence-corrected chi connectivity index (χ3v) is 2.20. The van der Waals surface area contributed by atoms with Crippen molar-refractivity contribution in [2.24, 2.45) is 5.16 Å². The first-order valence-corrected chi connectivity index (χ1v) is 4.46. The quantitative estimate of drug-likeness (QED) is 0.342. The lowest BCUT2D eigenvalue weighted by atomic mass is 10.3. The van der Waals surface area contributed by atoms with E-state index in [0.29, 0.717) is 10.7 Å². The van der Waals surface area contributed by atoms with Crippen molar-refractivity contribution in [1.82, 2.24) is 4.57 Å². The van der Waals surface area contributed by atoms with E-state index < -0.39 is 0 Å². The van der Waals surface area contributed by atoms with Gasteiger partial charge in [-0.3, -0.25) is 0 Å². The summed E-state index contributed by atoms with van der Waals surface area (Å²) >= 11 is 5.19. The third kappa shape index (κ3) is 2.15. The van der Waals surface area contributed by atoms with Gasteiger partial charge in [0.2, 0.25) is 0 Å². The summed E-state index contributed by atoms with van der Waals surface area (Å²) in [5.74, 6) is 0. The lowest BCUT2D eigenvalue weighted by molar-refractivity contribution is 0.322. The molecule has 3 nitrogen and oxygen atoms in total. The van der Waals surface area contributed by atoms with Crippen LogP contribution < -0.4 is 0 Å². The van der Waals surface area contributed by atoms with Crippen LogP contribution in [0.3, 0.4) is 0 Å². The fourth-order valence-corrected chi connectivity index (χ4v) is 1.49. The molecule has 0 aromatic carbocycles.